The molecule has 0 aromatic carbocycles. The van der Waals surface area contributed by atoms with Crippen molar-refractivity contribution in [1.29, 1.82) is 0 Å². The molecule has 0 spiro atoms. The highest BCUT2D eigenvalue weighted by molar-refractivity contribution is 7.16. The predicted octanol–water partition coefficient (Wildman–Crippen LogP) is 4.44. The monoisotopic (exact) mass is 247 g/mol. The number of nitrogens with zero attached hydrogens (tertiary/aromatic N) is 1. The first-order valence-corrected chi connectivity index (χ1v) is 6.57. The van der Waals surface area contributed by atoms with Crippen LogP contribution in [0.25, 0.3) is 21.1 Å². The van der Waals surface area contributed by atoms with Gasteiger partial charge in [-0.05, 0) is 25.1 Å². The molecular weight excluding hydrogens is 238 g/mol. The Bertz CT molecular complexity index is 592. The summed E-state index contributed by atoms with van der Waals surface area (Å²) in [5.41, 5.74) is 2.10. The molecule has 4 heteroatoms. The van der Waals surface area contributed by atoms with Crippen molar-refractivity contribution in [3.63, 3.8) is 0 Å². The van der Waals surface area contributed by atoms with E-state index in [2.05, 4.69) is 29.4 Å². The van der Waals surface area contributed by atoms with Crippen LogP contribution in [0, 0.1) is 6.92 Å². The molecule has 0 radical (unpaired) electrons. The first kappa shape index (κ1) is 9.81. The van der Waals surface area contributed by atoms with Crippen LogP contribution in [0.5, 0.6) is 0 Å². The van der Waals surface area contributed by atoms with Crippen molar-refractivity contribution < 1.29 is 4.42 Å². The number of thiophene rings is 1. The first-order chi connectivity index (χ1) is 7.83. The van der Waals surface area contributed by atoms with Gasteiger partial charge in [0.15, 0.2) is 0 Å². The lowest BCUT2D eigenvalue weighted by Crippen LogP contribution is -1.73. The van der Waals surface area contributed by atoms with Crippen LogP contribution in [0.4, 0.5) is 0 Å². The lowest BCUT2D eigenvalue weighted by molar-refractivity contribution is 0.568. The van der Waals surface area contributed by atoms with Gasteiger partial charge >= 0.3 is 0 Å². The van der Waals surface area contributed by atoms with Gasteiger partial charge in [-0.1, -0.05) is 0 Å². The number of thiazole rings is 1. The van der Waals surface area contributed by atoms with E-state index in [1.54, 1.807) is 35.2 Å². The van der Waals surface area contributed by atoms with Gasteiger partial charge in [0.2, 0.25) is 0 Å². The van der Waals surface area contributed by atoms with E-state index in [9.17, 15) is 0 Å². The number of furan rings is 1. The van der Waals surface area contributed by atoms with Crippen molar-refractivity contribution in [2.24, 2.45) is 0 Å². The fraction of sp³-hybridized carbons (Fsp3) is 0.0833. The average Bonchev–Trinajstić information content (AvgIpc) is 2.97. The lowest BCUT2D eigenvalue weighted by Gasteiger charge is -1.88. The van der Waals surface area contributed by atoms with Crippen molar-refractivity contribution in [3.8, 4) is 21.1 Å². The third-order valence-electron chi connectivity index (χ3n) is 2.27. The van der Waals surface area contributed by atoms with Gasteiger partial charge in [0.25, 0.3) is 0 Å². The first-order valence-electron chi connectivity index (χ1n) is 4.88. The quantitative estimate of drug-likeness (QED) is 0.669. The molecule has 2 nitrogen and oxygen atoms in total. The summed E-state index contributed by atoms with van der Waals surface area (Å²) in [6.45, 7) is 2.11. The maximum Gasteiger partial charge on any atom is 0.127 e. The molecule has 0 atom stereocenters. The molecule has 3 heterocycles. The summed E-state index contributed by atoms with van der Waals surface area (Å²) in [7, 11) is 0. The van der Waals surface area contributed by atoms with Crippen LogP contribution >= 0.6 is 22.7 Å². The predicted molar refractivity (Wildman–Crippen MR) is 67.9 cm³/mol. The van der Waals surface area contributed by atoms with Gasteiger partial charge in [0.05, 0.1) is 16.8 Å². The molecule has 0 aliphatic carbocycles. The molecule has 0 bridgehead atoms. The molecule has 16 heavy (non-hydrogen) atoms. The zero-order valence-electron chi connectivity index (χ0n) is 8.64. The highest BCUT2D eigenvalue weighted by Gasteiger charge is 2.08. The summed E-state index contributed by atoms with van der Waals surface area (Å²) in [5, 5.41) is 3.10. The van der Waals surface area contributed by atoms with Gasteiger partial charge in [0.1, 0.15) is 11.3 Å². The zero-order valence-corrected chi connectivity index (χ0v) is 10.3. The van der Waals surface area contributed by atoms with Crippen molar-refractivity contribution >= 4 is 22.7 Å². The second-order valence-corrected chi connectivity index (χ2v) is 5.61. The molecule has 0 aliphatic heterocycles. The summed E-state index contributed by atoms with van der Waals surface area (Å²) in [6, 6.07) is 6.17. The summed E-state index contributed by atoms with van der Waals surface area (Å²) < 4.78 is 5.06. The molecule has 3 rings (SSSR count). The zero-order chi connectivity index (χ0) is 11.0. The van der Waals surface area contributed by atoms with Crippen molar-refractivity contribution in [3.05, 3.63) is 41.0 Å². The Kier molecular flexibility index (Phi) is 2.38. The Hall–Kier alpha value is -1.39. The van der Waals surface area contributed by atoms with Crippen LogP contribution in [-0.4, -0.2) is 4.98 Å². The van der Waals surface area contributed by atoms with E-state index < -0.39 is 0 Å². The molecule has 0 amide bonds. The second kappa shape index (κ2) is 3.88. The van der Waals surface area contributed by atoms with E-state index in [0.29, 0.717) is 0 Å². The third kappa shape index (κ3) is 1.70. The fourth-order valence-electron chi connectivity index (χ4n) is 1.48. The normalized spacial score (nSPS) is 10.8. The van der Waals surface area contributed by atoms with E-state index in [0.717, 1.165) is 16.3 Å². The summed E-state index contributed by atoms with van der Waals surface area (Å²) in [6.07, 6.45) is 3.40. The summed E-state index contributed by atoms with van der Waals surface area (Å²) >= 11 is 3.42. The Morgan fingerprint density at radius 2 is 2.19 bits per heavy atom. The minimum absolute atomic E-state index is 1.01. The van der Waals surface area contributed by atoms with E-state index in [1.165, 1.54) is 9.75 Å². The molecule has 3 aromatic heterocycles. The van der Waals surface area contributed by atoms with Crippen LogP contribution in [0.1, 0.15) is 4.88 Å². The molecular formula is C12H9NOS2. The lowest BCUT2D eigenvalue weighted by atomic mass is 10.3. The van der Waals surface area contributed by atoms with Crippen LogP contribution in [0.3, 0.4) is 0 Å². The van der Waals surface area contributed by atoms with Gasteiger partial charge in [-0.2, -0.15) is 0 Å². The Morgan fingerprint density at radius 1 is 1.25 bits per heavy atom. The van der Waals surface area contributed by atoms with E-state index in [4.69, 9.17) is 4.42 Å². The maximum atomic E-state index is 5.06. The maximum absolute atomic E-state index is 5.06. The largest absolute Gasteiger partial charge is 0.472 e. The highest BCUT2D eigenvalue weighted by atomic mass is 32.1. The number of rotatable bonds is 2. The van der Waals surface area contributed by atoms with Crippen LogP contribution in [0.2, 0.25) is 0 Å². The molecule has 80 valence electrons. The summed E-state index contributed by atoms with van der Waals surface area (Å²) in [4.78, 5) is 7.14. The van der Waals surface area contributed by atoms with Gasteiger partial charge in [-0.15, -0.1) is 22.7 Å². The minimum Gasteiger partial charge on any atom is -0.472 e. The summed E-state index contributed by atoms with van der Waals surface area (Å²) in [5.74, 6) is 0. The number of aromatic nitrogens is 1. The second-order valence-electron chi connectivity index (χ2n) is 3.46. The van der Waals surface area contributed by atoms with Crippen molar-refractivity contribution in [2.45, 2.75) is 6.92 Å². The van der Waals surface area contributed by atoms with Crippen LogP contribution in [-0.2, 0) is 0 Å². The molecule has 0 saturated carbocycles. The SMILES string of the molecule is Cc1ccc(-c2csc(-c3ccoc3)n2)s1. The molecule has 0 unspecified atom stereocenters. The van der Waals surface area contributed by atoms with E-state index in [1.807, 2.05) is 6.07 Å². The Balaban J connectivity index is 2.00. The minimum atomic E-state index is 1.01. The number of aryl methyl sites for hydroxylation is 1. The molecule has 0 fully saturated rings. The van der Waals surface area contributed by atoms with Crippen molar-refractivity contribution in [2.75, 3.05) is 0 Å². The Morgan fingerprint density at radius 3 is 2.88 bits per heavy atom. The van der Waals surface area contributed by atoms with Gasteiger partial charge in [0, 0.05) is 15.8 Å². The molecule has 3 aromatic rings. The Labute approximate surface area is 101 Å². The van der Waals surface area contributed by atoms with Crippen molar-refractivity contribution in [1.82, 2.24) is 4.98 Å². The number of hydrogen-bond donors (Lipinski definition) is 0. The molecule has 0 saturated heterocycles. The van der Waals surface area contributed by atoms with Gasteiger partial charge in [-0.25, -0.2) is 4.98 Å². The molecule has 0 N–H and O–H groups in total. The van der Waals surface area contributed by atoms with Gasteiger partial charge in [-0.3, -0.25) is 0 Å². The van der Waals surface area contributed by atoms with E-state index >= 15 is 0 Å². The smallest absolute Gasteiger partial charge is 0.127 e. The number of hydrogen-bond acceptors (Lipinski definition) is 4. The average molecular weight is 247 g/mol. The standard InChI is InChI=1S/C12H9NOS2/c1-8-2-3-11(16-8)10-7-15-12(13-10)9-4-5-14-6-9/h2-7H,1H3. The van der Waals surface area contributed by atoms with Gasteiger partial charge < -0.3 is 4.42 Å². The van der Waals surface area contributed by atoms with Crippen LogP contribution < -0.4 is 0 Å². The topological polar surface area (TPSA) is 26.0 Å². The van der Waals surface area contributed by atoms with Crippen LogP contribution in [0.15, 0.2) is 40.5 Å². The fourth-order valence-corrected chi connectivity index (χ4v) is 3.19. The third-order valence-corrected chi connectivity index (χ3v) is 4.18. The van der Waals surface area contributed by atoms with E-state index in [-0.39, 0.29) is 0 Å². The molecule has 0 aliphatic rings. The highest BCUT2D eigenvalue weighted by Crippen LogP contribution is 2.32.